The van der Waals surface area contributed by atoms with Crippen LogP contribution in [-0.2, 0) is 5.41 Å². The van der Waals surface area contributed by atoms with E-state index in [0.29, 0.717) is 17.5 Å². The topological polar surface area (TPSA) is 86.6 Å². The quantitative estimate of drug-likeness (QED) is 0.151. The van der Waals surface area contributed by atoms with Gasteiger partial charge in [-0.1, -0.05) is 140 Å². The summed E-state index contributed by atoms with van der Waals surface area (Å²) >= 11 is 0. The molecule has 62 heavy (non-hydrogen) atoms. The highest BCUT2D eigenvalue weighted by atomic mass is 16.5. The molecule has 0 radical (unpaired) electrons. The van der Waals surface area contributed by atoms with E-state index in [1.165, 1.54) is 0 Å². The smallest absolute Gasteiger partial charge is 0.164 e. The SMILES string of the molecule is c1ccc(-c2nc(-c3ccccc3)nc(-c3ccc4c(c3)C(c3ccccc3)(c3ccccc3)c3cc(-c5cc(-c6ccccn6)nc(-c6ccccn6)c5)ccc3O4)n2)cc1. The molecule has 5 heterocycles. The van der Waals surface area contributed by atoms with Crippen LogP contribution in [0.4, 0.5) is 0 Å². The fourth-order valence-electron chi connectivity index (χ4n) is 8.50. The molecule has 292 valence electrons. The van der Waals surface area contributed by atoms with E-state index in [9.17, 15) is 0 Å². The van der Waals surface area contributed by atoms with Gasteiger partial charge < -0.3 is 4.74 Å². The van der Waals surface area contributed by atoms with Crippen LogP contribution >= 0.6 is 0 Å². The maximum absolute atomic E-state index is 6.94. The maximum Gasteiger partial charge on any atom is 0.164 e. The van der Waals surface area contributed by atoms with Gasteiger partial charge >= 0.3 is 0 Å². The molecule has 6 aromatic carbocycles. The average Bonchev–Trinajstić information content (AvgIpc) is 3.36. The fourth-order valence-corrected chi connectivity index (χ4v) is 8.50. The molecule has 1 aliphatic heterocycles. The summed E-state index contributed by atoms with van der Waals surface area (Å²) in [6.45, 7) is 0. The predicted molar refractivity (Wildman–Crippen MR) is 244 cm³/mol. The fraction of sp³-hybridized carbons (Fsp3) is 0.0182. The normalized spacial score (nSPS) is 12.5. The van der Waals surface area contributed by atoms with Crippen LogP contribution in [0.5, 0.6) is 11.5 Å². The van der Waals surface area contributed by atoms with Gasteiger partial charge in [-0.2, -0.15) is 0 Å². The Morgan fingerprint density at radius 1 is 0.306 bits per heavy atom. The van der Waals surface area contributed by atoms with Gasteiger partial charge in [0.05, 0.1) is 28.2 Å². The first-order valence-corrected chi connectivity index (χ1v) is 20.5. The zero-order valence-electron chi connectivity index (χ0n) is 33.4. The lowest BCUT2D eigenvalue weighted by atomic mass is 9.63. The van der Waals surface area contributed by atoms with Crippen LogP contribution < -0.4 is 4.74 Å². The molecule has 4 aromatic heterocycles. The highest BCUT2D eigenvalue weighted by Crippen LogP contribution is 2.56. The monoisotopic (exact) mass is 796 g/mol. The number of hydrogen-bond donors (Lipinski definition) is 0. The largest absolute Gasteiger partial charge is 0.457 e. The van der Waals surface area contributed by atoms with Crippen molar-refractivity contribution in [2.24, 2.45) is 0 Å². The van der Waals surface area contributed by atoms with Gasteiger partial charge in [-0.3, -0.25) is 9.97 Å². The summed E-state index contributed by atoms with van der Waals surface area (Å²) in [5.41, 5.74) is 11.0. The molecule has 0 N–H and O–H groups in total. The Morgan fingerprint density at radius 3 is 1.19 bits per heavy atom. The summed E-state index contributed by atoms with van der Waals surface area (Å²) in [5, 5.41) is 0. The predicted octanol–water partition coefficient (Wildman–Crippen LogP) is 12.5. The van der Waals surface area contributed by atoms with Crippen molar-refractivity contribution >= 4 is 0 Å². The van der Waals surface area contributed by atoms with Crippen LogP contribution in [0, 0.1) is 0 Å². The van der Waals surface area contributed by atoms with Gasteiger partial charge in [0.1, 0.15) is 11.5 Å². The summed E-state index contributed by atoms with van der Waals surface area (Å²) < 4.78 is 6.94. The number of pyridine rings is 3. The minimum atomic E-state index is -0.824. The van der Waals surface area contributed by atoms with Crippen molar-refractivity contribution < 1.29 is 4.74 Å². The van der Waals surface area contributed by atoms with Crippen molar-refractivity contribution in [3.8, 4) is 79.6 Å². The van der Waals surface area contributed by atoms with Crippen LogP contribution in [0.25, 0.3) is 68.1 Å². The standard InChI is InChI=1S/C55H36N6O/c1-5-17-37(18-6-1)52-59-53(38-19-7-2-8-20-38)61-54(60-52)40-28-30-51-45(34-40)55(42-21-9-3-10-22-42,43-23-11-4-12-24-43)44-33-39(27-29-50(44)62-51)41-35-48(46-25-13-15-31-56-46)58-49(36-41)47-26-14-16-32-57-47/h1-36H. The Balaban J connectivity index is 1.15. The molecule has 0 aliphatic carbocycles. The van der Waals surface area contributed by atoms with Crippen molar-refractivity contribution in [1.29, 1.82) is 0 Å². The third kappa shape index (κ3) is 6.58. The Hall–Kier alpha value is -8.42. The van der Waals surface area contributed by atoms with Gasteiger partial charge in [0, 0.05) is 40.2 Å². The average molecular weight is 797 g/mol. The first-order valence-electron chi connectivity index (χ1n) is 20.5. The molecule has 0 atom stereocenters. The minimum Gasteiger partial charge on any atom is -0.457 e. The Labute approximate surface area is 359 Å². The van der Waals surface area contributed by atoms with Crippen LogP contribution in [0.15, 0.2) is 219 Å². The molecule has 0 fully saturated rings. The van der Waals surface area contributed by atoms with Crippen molar-refractivity contribution in [1.82, 2.24) is 29.9 Å². The molecule has 1 aliphatic rings. The second kappa shape index (κ2) is 15.6. The molecule has 0 bridgehead atoms. The summed E-state index contributed by atoms with van der Waals surface area (Å²) in [4.78, 5) is 29.6. The molecule has 10 aromatic rings. The third-order valence-corrected chi connectivity index (χ3v) is 11.4. The van der Waals surface area contributed by atoms with E-state index in [-0.39, 0.29) is 0 Å². The lowest BCUT2D eigenvalue weighted by molar-refractivity contribution is 0.435. The number of nitrogens with zero attached hydrogens (tertiary/aromatic N) is 6. The second-order valence-electron chi connectivity index (χ2n) is 15.1. The van der Waals surface area contributed by atoms with E-state index < -0.39 is 5.41 Å². The van der Waals surface area contributed by atoms with Gasteiger partial charge in [-0.25, -0.2) is 19.9 Å². The molecule has 0 unspecified atom stereocenters. The van der Waals surface area contributed by atoms with Crippen LogP contribution in [0.1, 0.15) is 22.3 Å². The van der Waals surface area contributed by atoms with Crippen molar-refractivity contribution in [2.75, 3.05) is 0 Å². The van der Waals surface area contributed by atoms with E-state index in [4.69, 9.17) is 24.7 Å². The number of benzene rings is 6. The van der Waals surface area contributed by atoms with Gasteiger partial charge in [0.2, 0.25) is 0 Å². The van der Waals surface area contributed by atoms with E-state index >= 15 is 0 Å². The number of aromatic nitrogens is 6. The Kier molecular flexibility index (Phi) is 9.24. The van der Waals surface area contributed by atoms with E-state index in [2.05, 4.69) is 113 Å². The first kappa shape index (κ1) is 36.6. The van der Waals surface area contributed by atoms with E-state index in [0.717, 1.165) is 84.3 Å². The molecular weight excluding hydrogens is 761 g/mol. The number of rotatable bonds is 8. The van der Waals surface area contributed by atoms with Gasteiger partial charge in [-0.15, -0.1) is 0 Å². The lowest BCUT2D eigenvalue weighted by Gasteiger charge is -2.42. The zero-order chi connectivity index (χ0) is 41.3. The molecule has 0 amide bonds. The molecule has 7 nitrogen and oxygen atoms in total. The Bertz CT molecular complexity index is 2850. The lowest BCUT2D eigenvalue weighted by Crippen LogP contribution is -2.34. The van der Waals surface area contributed by atoms with E-state index in [1.54, 1.807) is 12.4 Å². The van der Waals surface area contributed by atoms with Gasteiger partial charge in [0.15, 0.2) is 17.5 Å². The second-order valence-corrected chi connectivity index (χ2v) is 15.1. The highest BCUT2D eigenvalue weighted by molar-refractivity contribution is 5.80. The van der Waals surface area contributed by atoms with Crippen LogP contribution in [-0.4, -0.2) is 29.9 Å². The first-order chi connectivity index (χ1) is 30.7. The molecule has 0 saturated heterocycles. The van der Waals surface area contributed by atoms with Crippen molar-refractivity contribution in [2.45, 2.75) is 5.41 Å². The van der Waals surface area contributed by atoms with Crippen molar-refractivity contribution in [3.05, 3.63) is 241 Å². The summed E-state index contributed by atoms with van der Waals surface area (Å²) in [7, 11) is 0. The molecule has 7 heteroatoms. The molecular formula is C55H36N6O. The molecule has 0 spiro atoms. The number of fused-ring (bicyclic) bond motifs is 2. The van der Waals surface area contributed by atoms with Crippen molar-refractivity contribution in [3.63, 3.8) is 0 Å². The van der Waals surface area contributed by atoms with Crippen LogP contribution in [0.3, 0.4) is 0 Å². The summed E-state index contributed by atoms with van der Waals surface area (Å²) in [6.07, 6.45) is 3.59. The number of ether oxygens (including phenoxy) is 1. The van der Waals surface area contributed by atoms with E-state index in [1.807, 2.05) is 103 Å². The third-order valence-electron chi connectivity index (χ3n) is 11.4. The van der Waals surface area contributed by atoms with Gasteiger partial charge in [0.25, 0.3) is 0 Å². The number of hydrogen-bond acceptors (Lipinski definition) is 7. The van der Waals surface area contributed by atoms with Gasteiger partial charge in [-0.05, 0) is 89.0 Å². The maximum atomic E-state index is 6.94. The zero-order valence-corrected chi connectivity index (χ0v) is 33.4. The minimum absolute atomic E-state index is 0.566. The molecule has 0 saturated carbocycles. The summed E-state index contributed by atoms with van der Waals surface area (Å²) in [6, 6.07) is 70.3. The van der Waals surface area contributed by atoms with Crippen LogP contribution in [0.2, 0.25) is 0 Å². The Morgan fingerprint density at radius 2 is 0.726 bits per heavy atom. The highest BCUT2D eigenvalue weighted by Gasteiger charge is 2.46. The summed E-state index contributed by atoms with van der Waals surface area (Å²) in [5.74, 6) is 3.28. The molecule has 11 rings (SSSR count).